The van der Waals surface area contributed by atoms with Crippen molar-refractivity contribution < 1.29 is 63.0 Å². The number of piperidine rings is 1. The van der Waals surface area contributed by atoms with Crippen molar-refractivity contribution in [3.63, 3.8) is 0 Å². The van der Waals surface area contributed by atoms with E-state index < -0.39 is 131 Å². The van der Waals surface area contributed by atoms with Gasteiger partial charge in [-0.05, 0) is 125 Å². The number of Topliss-reactive ketones (excluding diaryl/α,β-unsaturated/α-hetero) is 3. The number of nitrogens with zero attached hydrogens (tertiary/aromatic N) is 4. The van der Waals surface area contributed by atoms with Crippen LogP contribution in [0.25, 0.3) is 5.69 Å². The summed E-state index contributed by atoms with van der Waals surface area (Å²) in [5.74, 6) is -8.89. The van der Waals surface area contributed by atoms with Gasteiger partial charge in [0, 0.05) is 45.4 Å². The Kier molecular flexibility index (Phi) is 17.9. The Labute approximate surface area is 443 Å². The fraction of sp³-hybridized carbons (Fsp3) is 0.667. The molecule has 1 saturated carbocycles. The zero-order chi connectivity index (χ0) is 54.9. The quantitative estimate of drug-likeness (QED) is 0.215. The number of esters is 1. The Morgan fingerprint density at radius 3 is 2.17 bits per heavy atom. The molecule has 76 heavy (non-hydrogen) atoms. The smallest absolute Gasteiger partial charge is 0.352 e. The van der Waals surface area contributed by atoms with Gasteiger partial charge >= 0.3 is 17.3 Å². The summed E-state index contributed by atoms with van der Waals surface area (Å²) in [4.78, 5) is 103. The lowest BCUT2D eigenvalue weighted by molar-refractivity contribution is -0.265. The Morgan fingerprint density at radius 2 is 1.46 bits per heavy atom. The molecule has 1 aliphatic carbocycles. The van der Waals surface area contributed by atoms with Gasteiger partial charge in [-0.1, -0.05) is 64.1 Å². The zero-order valence-electron chi connectivity index (χ0n) is 45.2. The van der Waals surface area contributed by atoms with Gasteiger partial charge in [-0.3, -0.25) is 19.2 Å². The molecule has 7 aliphatic rings. The summed E-state index contributed by atoms with van der Waals surface area (Å²) in [6.07, 6.45) is 2.55. The maximum atomic E-state index is 14.6. The van der Waals surface area contributed by atoms with Crippen LogP contribution >= 0.6 is 0 Å². The van der Waals surface area contributed by atoms with Crippen molar-refractivity contribution in [3.05, 3.63) is 86.8 Å². The maximum Gasteiger partial charge on any atom is 0.352 e. The van der Waals surface area contributed by atoms with Gasteiger partial charge in [0.25, 0.3) is 11.7 Å². The summed E-state index contributed by atoms with van der Waals surface area (Å²) < 4.78 is 34.5. The molecule has 6 aliphatic heterocycles. The van der Waals surface area contributed by atoms with Crippen LogP contribution in [0.1, 0.15) is 131 Å². The molecule has 1 amide bonds. The highest BCUT2D eigenvalue weighted by Gasteiger charge is 2.53. The van der Waals surface area contributed by atoms with Crippen LogP contribution in [0, 0.1) is 29.6 Å². The molecule has 0 spiro atoms. The molecule has 9 rings (SSSR count). The first-order valence-electron chi connectivity index (χ1n) is 27.3. The third-order valence-electron chi connectivity index (χ3n) is 17.3. The van der Waals surface area contributed by atoms with E-state index in [1.54, 1.807) is 57.2 Å². The number of para-hydroxylation sites is 1. The number of aliphatic hydroxyl groups is 3. The van der Waals surface area contributed by atoms with E-state index in [2.05, 4.69) is 0 Å². The molecular weight excluding hydrogens is 981 g/mol. The first kappa shape index (κ1) is 57.0. The van der Waals surface area contributed by atoms with Crippen LogP contribution in [0.5, 0.6) is 0 Å². The number of allylic oxidation sites excluding steroid dienone is 3. The van der Waals surface area contributed by atoms with Crippen molar-refractivity contribution in [2.75, 3.05) is 20.8 Å². The normalized spacial score (nSPS) is 38.4. The van der Waals surface area contributed by atoms with Crippen molar-refractivity contribution in [2.45, 2.75) is 191 Å². The molecular formula is C57H78N4O15. The van der Waals surface area contributed by atoms with E-state index in [1.165, 1.54) is 29.7 Å². The molecule has 416 valence electrons. The number of ketones is 3. The van der Waals surface area contributed by atoms with Gasteiger partial charge in [-0.15, -0.1) is 0 Å². The third-order valence-corrected chi connectivity index (χ3v) is 17.3. The Morgan fingerprint density at radius 1 is 0.737 bits per heavy atom. The number of hydrogen-bond donors (Lipinski definition) is 3. The predicted octanol–water partition coefficient (Wildman–Crippen LogP) is 4.65. The van der Waals surface area contributed by atoms with Crippen LogP contribution in [0.2, 0.25) is 0 Å². The first-order chi connectivity index (χ1) is 36.2. The third kappa shape index (κ3) is 11.5. The minimum Gasteiger partial charge on any atom is -0.460 e. The van der Waals surface area contributed by atoms with E-state index in [1.807, 2.05) is 32.9 Å². The monoisotopic (exact) mass is 1060 g/mol. The van der Waals surface area contributed by atoms with Gasteiger partial charge in [0.05, 0.1) is 42.2 Å². The second kappa shape index (κ2) is 23.8. The molecule has 3 saturated heterocycles. The van der Waals surface area contributed by atoms with Crippen LogP contribution in [0.15, 0.2) is 75.4 Å². The van der Waals surface area contributed by atoms with E-state index in [0.717, 1.165) is 9.47 Å². The van der Waals surface area contributed by atoms with Crippen LogP contribution in [0.3, 0.4) is 0 Å². The summed E-state index contributed by atoms with van der Waals surface area (Å²) in [7, 11) is 2.81. The molecule has 4 fully saturated rings. The molecule has 19 nitrogen and oxygen atoms in total. The molecule has 12 unspecified atom stereocenters. The van der Waals surface area contributed by atoms with Crippen molar-refractivity contribution in [1.29, 1.82) is 0 Å². The average molecular weight is 1060 g/mol. The highest BCUT2D eigenvalue weighted by atomic mass is 16.6. The van der Waals surface area contributed by atoms with Crippen LogP contribution in [0.4, 0.5) is 0 Å². The van der Waals surface area contributed by atoms with Crippen molar-refractivity contribution >= 4 is 29.2 Å². The van der Waals surface area contributed by atoms with Gasteiger partial charge in [0.15, 0.2) is 11.6 Å². The molecule has 0 radical (unpaired) electrons. The van der Waals surface area contributed by atoms with Gasteiger partial charge in [0.1, 0.15) is 30.5 Å². The van der Waals surface area contributed by atoms with Crippen LogP contribution in [-0.4, -0.2) is 145 Å². The second-order valence-electron chi connectivity index (χ2n) is 22.6. The van der Waals surface area contributed by atoms with Crippen LogP contribution in [-0.2, 0) is 47.7 Å². The maximum absolute atomic E-state index is 14.6. The standard InChI is InChI=1S/C57H78N4O15/c1-31-24-34(4)49(64)51(73-8)50(65)35(5)27-47-44(63)30-46(32(2)25-37-18-22-43(62)48(28-37)74-47)75-54(68)42-16-12-13-23-58(42)53(67)52(66)57(71)36(6)17-20-40(76-57)29-45(72-7)33(3)26-39-19-21-41(31)61-56(70)59(55(69)60(39)61)38-14-10-9-11-15-38/h9-11,14-15,19,21,26-27,31-32,34,36-37,39-43,45-48,50-51,62,65,71H,12-13,16-18,20,22-25,28-30H2,1-8H3/b33-26?,35-27-/t31?,32?,34-,36-,37?,39?,40?,41?,42+,43?,45?,46?,47?,48?,50-,51?,57-/m1/s1. The van der Waals surface area contributed by atoms with Gasteiger partial charge in [-0.2, -0.15) is 0 Å². The lowest BCUT2D eigenvalue weighted by Gasteiger charge is -2.43. The lowest BCUT2D eigenvalue weighted by atomic mass is 9.78. The molecule has 2 aromatic rings. The number of rotatable bonds is 3. The number of aliphatic hydroxyl groups excluding tert-OH is 2. The summed E-state index contributed by atoms with van der Waals surface area (Å²) >= 11 is 0. The lowest BCUT2D eigenvalue weighted by Crippen LogP contribution is -2.61. The fourth-order valence-corrected chi connectivity index (χ4v) is 12.7. The molecule has 8 bridgehead atoms. The fourth-order valence-electron chi connectivity index (χ4n) is 12.7. The molecule has 17 atom stereocenters. The van der Waals surface area contributed by atoms with E-state index in [9.17, 15) is 48.9 Å². The minimum atomic E-state index is -2.55. The molecule has 1 aromatic carbocycles. The largest absolute Gasteiger partial charge is 0.460 e. The predicted molar refractivity (Wildman–Crippen MR) is 277 cm³/mol. The molecule has 7 heterocycles. The SMILES string of the molecule is COC1CC2CC[C@@H](C)[C@@](O)(O2)C(=O)C(=O)N2CCCC[C@H]2C(=O)OC2CC(=O)C(/C=C(/C)[C@@H](O)C(OC)C(=O)[C@H](C)CC(C)C3C=CC(C=C1C)n1c(=O)n(-c4ccccc4)c(=O)n13)OC1CC(CCC1O)CC2C. The van der Waals surface area contributed by atoms with Crippen molar-refractivity contribution in [2.24, 2.45) is 29.6 Å². The van der Waals surface area contributed by atoms with Gasteiger partial charge < -0.3 is 43.9 Å². The van der Waals surface area contributed by atoms with Gasteiger partial charge in [-0.25, -0.2) is 28.3 Å². The van der Waals surface area contributed by atoms with E-state index in [4.69, 9.17) is 23.7 Å². The number of carbonyl (C=O) groups is 5. The Balaban J connectivity index is 1.19. The topological polar surface area (TPSA) is 244 Å². The zero-order valence-corrected chi connectivity index (χ0v) is 45.2. The number of benzene rings is 1. The summed E-state index contributed by atoms with van der Waals surface area (Å²) in [6, 6.07) is 5.85. The van der Waals surface area contributed by atoms with Crippen LogP contribution < -0.4 is 11.4 Å². The van der Waals surface area contributed by atoms with Crippen molar-refractivity contribution in [3.8, 4) is 5.69 Å². The molecule has 3 N–H and O–H groups in total. The van der Waals surface area contributed by atoms with E-state index >= 15 is 0 Å². The Bertz CT molecular complexity index is 2690. The van der Waals surface area contributed by atoms with E-state index in [0.29, 0.717) is 62.6 Å². The summed E-state index contributed by atoms with van der Waals surface area (Å²) in [5, 5.41) is 35.2. The average Bonchev–Trinajstić information content (AvgIpc) is 3.70. The highest BCUT2D eigenvalue weighted by Crippen LogP contribution is 2.39. The first-order valence-corrected chi connectivity index (χ1v) is 27.3. The number of aromatic nitrogens is 3. The summed E-state index contributed by atoms with van der Waals surface area (Å²) in [5.41, 5.74) is -0.00318. The molecule has 19 heteroatoms. The Hall–Kier alpha value is -5.15. The minimum absolute atomic E-state index is 0.0336. The van der Waals surface area contributed by atoms with Gasteiger partial charge in [0.2, 0.25) is 5.79 Å². The number of ether oxygens (including phenoxy) is 5. The van der Waals surface area contributed by atoms with Crippen molar-refractivity contribution in [1.82, 2.24) is 18.8 Å². The second-order valence-corrected chi connectivity index (χ2v) is 22.6. The number of carbonyl (C=O) groups excluding carboxylic acids is 5. The number of methoxy groups -OCH3 is 2. The number of fused-ring (bicyclic) bond motifs is 12. The van der Waals surface area contributed by atoms with E-state index in [-0.39, 0.29) is 49.6 Å². The molecule has 1 aromatic heterocycles. The number of hydrogen-bond acceptors (Lipinski definition) is 15. The highest BCUT2D eigenvalue weighted by molar-refractivity contribution is 6.39. The summed E-state index contributed by atoms with van der Waals surface area (Å²) in [6.45, 7) is 10.5. The number of amides is 1.